The molecule has 6 heteroatoms. The molecule has 4 heterocycles. The molecule has 2 aliphatic heterocycles. The second kappa shape index (κ2) is 9.00. The van der Waals surface area contributed by atoms with Crippen molar-refractivity contribution in [3.8, 4) is 0 Å². The van der Waals surface area contributed by atoms with Crippen LogP contribution < -0.4 is 0 Å². The molecule has 0 unspecified atom stereocenters. The largest absolute Gasteiger partial charge is 0.338 e. The molecule has 3 fully saturated rings. The maximum atomic E-state index is 13.0. The molecule has 0 aromatic carbocycles. The lowest BCUT2D eigenvalue weighted by atomic mass is 9.73. The molecule has 6 nitrogen and oxygen atoms in total. The molecule has 1 aliphatic carbocycles. The van der Waals surface area contributed by atoms with Gasteiger partial charge in [-0.1, -0.05) is 25.3 Å². The first-order valence-corrected chi connectivity index (χ1v) is 12.1. The topological polar surface area (TPSA) is 66.4 Å². The van der Waals surface area contributed by atoms with Gasteiger partial charge in [-0.3, -0.25) is 19.6 Å². The van der Waals surface area contributed by atoms with Gasteiger partial charge in [0.05, 0.1) is 5.56 Å². The van der Waals surface area contributed by atoms with Gasteiger partial charge in [0, 0.05) is 50.2 Å². The van der Waals surface area contributed by atoms with Gasteiger partial charge >= 0.3 is 0 Å². The maximum Gasteiger partial charge on any atom is 0.272 e. The number of hydrogen-bond donors (Lipinski definition) is 0. The normalized spacial score (nSPS) is 21.1. The summed E-state index contributed by atoms with van der Waals surface area (Å²) in [6, 6.07) is 9.39. The number of carbonyl (C=O) groups excluding carboxylic acids is 2. The van der Waals surface area contributed by atoms with Gasteiger partial charge in [0.1, 0.15) is 5.69 Å². The quantitative estimate of drug-likeness (QED) is 0.726. The molecular formula is C26H32N4O2. The van der Waals surface area contributed by atoms with E-state index in [4.69, 9.17) is 0 Å². The van der Waals surface area contributed by atoms with Crippen LogP contribution in [0.4, 0.5) is 0 Å². The van der Waals surface area contributed by atoms with E-state index in [-0.39, 0.29) is 11.8 Å². The molecule has 5 rings (SSSR count). The van der Waals surface area contributed by atoms with E-state index < -0.39 is 0 Å². The van der Waals surface area contributed by atoms with E-state index in [0.717, 1.165) is 38.0 Å². The molecule has 2 amide bonds. The summed E-state index contributed by atoms with van der Waals surface area (Å²) in [4.78, 5) is 38.4. The number of carbonyl (C=O) groups is 2. The Morgan fingerprint density at radius 1 is 0.844 bits per heavy atom. The van der Waals surface area contributed by atoms with Crippen molar-refractivity contribution in [2.24, 2.45) is 5.41 Å². The van der Waals surface area contributed by atoms with Gasteiger partial charge in [-0.25, -0.2) is 0 Å². The summed E-state index contributed by atoms with van der Waals surface area (Å²) < 4.78 is 0. The highest BCUT2D eigenvalue weighted by Gasteiger charge is 2.40. The van der Waals surface area contributed by atoms with Crippen molar-refractivity contribution in [2.75, 3.05) is 26.2 Å². The fourth-order valence-electron chi connectivity index (χ4n) is 5.80. The fraction of sp³-hybridized carbons (Fsp3) is 0.538. The Morgan fingerprint density at radius 2 is 1.66 bits per heavy atom. The van der Waals surface area contributed by atoms with Gasteiger partial charge in [0.2, 0.25) is 0 Å². The number of aromatic nitrogens is 2. The zero-order valence-electron chi connectivity index (χ0n) is 18.7. The number of likely N-dealkylation sites (tertiary alicyclic amines) is 2. The monoisotopic (exact) mass is 432 g/mol. The summed E-state index contributed by atoms with van der Waals surface area (Å²) in [5.41, 5.74) is 2.60. The Hall–Kier alpha value is -2.76. The van der Waals surface area contributed by atoms with Crippen LogP contribution in [-0.4, -0.2) is 57.8 Å². The van der Waals surface area contributed by atoms with Crippen LogP contribution in [0.15, 0.2) is 42.7 Å². The van der Waals surface area contributed by atoms with E-state index in [2.05, 4.69) is 9.97 Å². The zero-order valence-corrected chi connectivity index (χ0v) is 18.7. The fourth-order valence-corrected chi connectivity index (χ4v) is 5.80. The molecule has 0 atom stereocenters. The minimum Gasteiger partial charge on any atom is -0.338 e. The SMILES string of the molecule is O=C(c1ccc(C2CCN(C(=O)c3ccccn3)CC2)nc1)N1CCC2(CCCCC2)C1. The number of amides is 2. The third kappa shape index (κ3) is 4.27. The standard InChI is InChI=1S/C26H32N4O2/c31-24(30-17-13-26(19-30)11-3-1-4-12-26)21-7-8-22(28-18-21)20-9-15-29(16-10-20)25(32)23-6-2-5-14-27-23/h2,5-8,14,18,20H,1,3-4,9-13,15-17,19H2. The predicted molar refractivity (Wildman–Crippen MR) is 122 cm³/mol. The third-order valence-corrected chi connectivity index (χ3v) is 7.76. The van der Waals surface area contributed by atoms with Gasteiger partial charge in [0.25, 0.3) is 11.8 Å². The highest BCUT2D eigenvalue weighted by Crippen LogP contribution is 2.44. The third-order valence-electron chi connectivity index (χ3n) is 7.76. The summed E-state index contributed by atoms with van der Waals surface area (Å²) in [6.07, 6.45) is 12.8. The van der Waals surface area contributed by atoms with Crippen molar-refractivity contribution >= 4 is 11.8 Å². The van der Waals surface area contributed by atoms with E-state index in [1.54, 1.807) is 18.5 Å². The molecule has 2 aromatic rings. The van der Waals surface area contributed by atoms with Crippen molar-refractivity contribution < 1.29 is 9.59 Å². The van der Waals surface area contributed by atoms with E-state index in [9.17, 15) is 9.59 Å². The van der Waals surface area contributed by atoms with Crippen molar-refractivity contribution in [3.63, 3.8) is 0 Å². The molecule has 168 valence electrons. The van der Waals surface area contributed by atoms with Crippen LogP contribution in [0.5, 0.6) is 0 Å². The van der Waals surface area contributed by atoms with Gasteiger partial charge in [-0.05, 0) is 61.8 Å². The molecule has 0 N–H and O–H groups in total. The summed E-state index contributed by atoms with van der Waals surface area (Å²) in [5.74, 6) is 0.450. The lowest BCUT2D eigenvalue weighted by molar-refractivity contribution is 0.0704. The Kier molecular flexibility index (Phi) is 5.94. The summed E-state index contributed by atoms with van der Waals surface area (Å²) in [5, 5.41) is 0. The molecule has 0 bridgehead atoms. The zero-order chi connectivity index (χ0) is 22.0. The van der Waals surface area contributed by atoms with Crippen molar-refractivity contribution in [1.82, 2.24) is 19.8 Å². The average Bonchev–Trinajstić information content (AvgIpc) is 3.27. The van der Waals surface area contributed by atoms with Crippen LogP contribution >= 0.6 is 0 Å². The number of pyridine rings is 2. The number of hydrogen-bond acceptors (Lipinski definition) is 4. The first-order chi connectivity index (χ1) is 15.6. The second-order valence-corrected chi connectivity index (χ2v) is 9.79. The molecular weight excluding hydrogens is 400 g/mol. The first kappa shape index (κ1) is 21.1. The van der Waals surface area contributed by atoms with Crippen molar-refractivity contribution in [2.45, 2.75) is 57.3 Å². The predicted octanol–water partition coefficient (Wildman–Crippen LogP) is 4.29. The Labute approximate surface area is 190 Å². The van der Waals surface area contributed by atoms with Crippen LogP contribution in [0.2, 0.25) is 0 Å². The summed E-state index contributed by atoms with van der Waals surface area (Å²) in [6.45, 7) is 3.20. The molecule has 2 saturated heterocycles. The highest BCUT2D eigenvalue weighted by molar-refractivity contribution is 5.94. The van der Waals surface area contributed by atoms with Crippen molar-refractivity contribution in [3.05, 3.63) is 59.7 Å². The maximum absolute atomic E-state index is 13.0. The summed E-state index contributed by atoms with van der Waals surface area (Å²) in [7, 11) is 0. The average molecular weight is 433 g/mol. The van der Waals surface area contributed by atoms with Crippen molar-refractivity contribution in [1.29, 1.82) is 0 Å². The van der Waals surface area contributed by atoms with Crippen LogP contribution in [0.25, 0.3) is 0 Å². The molecule has 32 heavy (non-hydrogen) atoms. The second-order valence-electron chi connectivity index (χ2n) is 9.79. The van der Waals surface area contributed by atoms with E-state index in [0.29, 0.717) is 35.7 Å². The Morgan fingerprint density at radius 3 is 2.34 bits per heavy atom. The van der Waals surface area contributed by atoms with E-state index >= 15 is 0 Å². The van der Waals surface area contributed by atoms with Crippen LogP contribution in [0.3, 0.4) is 0 Å². The number of rotatable bonds is 3. The highest BCUT2D eigenvalue weighted by atomic mass is 16.2. The molecule has 2 aromatic heterocycles. The minimum atomic E-state index is -0.000644. The molecule has 3 aliphatic rings. The van der Waals surface area contributed by atoms with Gasteiger partial charge in [0.15, 0.2) is 0 Å². The van der Waals surface area contributed by atoms with Gasteiger partial charge in [-0.15, -0.1) is 0 Å². The number of piperidine rings is 1. The van der Waals surface area contributed by atoms with E-state index in [1.807, 2.05) is 34.1 Å². The molecule has 1 spiro atoms. The minimum absolute atomic E-state index is 0.000644. The lowest BCUT2D eigenvalue weighted by Gasteiger charge is -2.33. The van der Waals surface area contributed by atoms with E-state index in [1.165, 1.54) is 32.1 Å². The first-order valence-electron chi connectivity index (χ1n) is 12.1. The lowest BCUT2D eigenvalue weighted by Crippen LogP contribution is -2.38. The Bertz CT molecular complexity index is 946. The number of nitrogens with zero attached hydrogens (tertiary/aromatic N) is 4. The van der Waals surface area contributed by atoms with Crippen LogP contribution in [0.1, 0.15) is 83.8 Å². The molecule has 0 radical (unpaired) electrons. The van der Waals surface area contributed by atoms with Gasteiger partial charge in [-0.2, -0.15) is 0 Å². The van der Waals surface area contributed by atoms with Crippen LogP contribution in [0, 0.1) is 5.41 Å². The smallest absolute Gasteiger partial charge is 0.272 e. The van der Waals surface area contributed by atoms with Crippen LogP contribution in [-0.2, 0) is 0 Å². The molecule has 1 saturated carbocycles. The van der Waals surface area contributed by atoms with Gasteiger partial charge < -0.3 is 9.80 Å². The summed E-state index contributed by atoms with van der Waals surface area (Å²) >= 11 is 0. The Balaban J connectivity index is 1.17.